The molecule has 1 fully saturated rings. The van der Waals surface area contributed by atoms with Gasteiger partial charge in [-0.3, -0.25) is 0 Å². The maximum Gasteiger partial charge on any atom is 0.156 e. The van der Waals surface area contributed by atoms with E-state index in [0.717, 1.165) is 48.3 Å². The largest absolute Gasteiger partial charge is 0.494 e. The van der Waals surface area contributed by atoms with Crippen molar-refractivity contribution in [3.05, 3.63) is 51.0 Å². The molecule has 0 unspecified atom stereocenters. The molecule has 134 valence electrons. The van der Waals surface area contributed by atoms with E-state index in [9.17, 15) is 0 Å². The number of benzene rings is 2. The minimum atomic E-state index is 0.491. The highest BCUT2D eigenvalue weighted by atomic mass is 35.5. The van der Waals surface area contributed by atoms with Crippen LogP contribution in [-0.4, -0.2) is 33.4 Å². The van der Waals surface area contributed by atoms with Gasteiger partial charge in [0.05, 0.1) is 41.1 Å². The Morgan fingerprint density at radius 3 is 2.32 bits per heavy atom. The molecule has 4 nitrogen and oxygen atoms in total. The monoisotopic (exact) mass is 400 g/mol. The minimum absolute atomic E-state index is 0.491. The number of morpholine rings is 1. The van der Waals surface area contributed by atoms with Crippen LogP contribution >= 0.6 is 34.8 Å². The number of hydrogen-bond donors (Lipinski definition) is 1. The van der Waals surface area contributed by atoms with Gasteiger partial charge in [-0.15, -0.1) is 0 Å². The van der Waals surface area contributed by atoms with E-state index in [2.05, 4.69) is 10.2 Å². The summed E-state index contributed by atoms with van der Waals surface area (Å²) in [5, 5.41) is 5.04. The maximum atomic E-state index is 6.45. The van der Waals surface area contributed by atoms with Crippen molar-refractivity contribution in [1.29, 1.82) is 0 Å². The van der Waals surface area contributed by atoms with Gasteiger partial charge < -0.3 is 19.7 Å². The van der Waals surface area contributed by atoms with E-state index in [-0.39, 0.29) is 0 Å². The van der Waals surface area contributed by atoms with Gasteiger partial charge in [-0.2, -0.15) is 0 Å². The highest BCUT2D eigenvalue weighted by Crippen LogP contribution is 2.34. The summed E-state index contributed by atoms with van der Waals surface area (Å²) in [5.74, 6) is 0.491. The van der Waals surface area contributed by atoms with Gasteiger partial charge in [-0.05, 0) is 35.9 Å². The summed E-state index contributed by atoms with van der Waals surface area (Å²) >= 11 is 18.8. The summed E-state index contributed by atoms with van der Waals surface area (Å²) in [6, 6.07) is 9.65. The molecule has 3 rings (SSSR count). The summed E-state index contributed by atoms with van der Waals surface area (Å²) in [6.07, 6.45) is 0. The number of ether oxygens (including phenoxy) is 2. The van der Waals surface area contributed by atoms with Crippen LogP contribution in [0.1, 0.15) is 5.56 Å². The van der Waals surface area contributed by atoms with Gasteiger partial charge in [-0.25, -0.2) is 0 Å². The van der Waals surface area contributed by atoms with Crippen LogP contribution in [0.15, 0.2) is 30.3 Å². The predicted molar refractivity (Wildman–Crippen MR) is 105 cm³/mol. The molecule has 0 aliphatic carbocycles. The molecule has 0 aromatic heterocycles. The first kappa shape index (κ1) is 18.5. The van der Waals surface area contributed by atoms with E-state index in [1.54, 1.807) is 7.11 Å². The van der Waals surface area contributed by atoms with Crippen LogP contribution in [0.2, 0.25) is 15.1 Å². The average Bonchev–Trinajstić information content (AvgIpc) is 2.60. The quantitative estimate of drug-likeness (QED) is 0.755. The van der Waals surface area contributed by atoms with Crippen molar-refractivity contribution in [2.24, 2.45) is 0 Å². The lowest BCUT2D eigenvalue weighted by atomic mass is 10.2. The van der Waals surface area contributed by atoms with Crippen LogP contribution in [0.4, 0.5) is 11.4 Å². The Kier molecular flexibility index (Phi) is 6.18. The lowest BCUT2D eigenvalue weighted by molar-refractivity contribution is 0.122. The van der Waals surface area contributed by atoms with E-state index < -0.39 is 0 Å². The van der Waals surface area contributed by atoms with Crippen molar-refractivity contribution in [3.8, 4) is 5.75 Å². The molecule has 2 aromatic carbocycles. The predicted octanol–water partition coefficient (Wildman–Crippen LogP) is 5.10. The standard InChI is InChI=1S/C18H19Cl3N2O2/c1-24-18-15(20)8-12(9-16(18)21)11-22-13-2-3-17(14(19)10-13)23-4-6-25-7-5-23/h2-3,8-10,22H,4-7,11H2,1H3. The highest BCUT2D eigenvalue weighted by Gasteiger charge is 2.14. The molecule has 1 aliphatic rings. The van der Waals surface area contributed by atoms with Crippen molar-refractivity contribution >= 4 is 46.2 Å². The second-order valence-corrected chi connectivity index (χ2v) is 6.93. The molecule has 0 radical (unpaired) electrons. The Bertz CT molecular complexity index is 726. The summed E-state index contributed by atoms with van der Waals surface area (Å²) in [6.45, 7) is 3.76. The number of halogens is 3. The Balaban J connectivity index is 1.68. The molecule has 0 spiro atoms. The molecule has 7 heteroatoms. The molecule has 0 atom stereocenters. The van der Waals surface area contributed by atoms with E-state index in [1.807, 2.05) is 30.3 Å². The zero-order chi connectivity index (χ0) is 17.8. The second-order valence-electron chi connectivity index (χ2n) is 5.71. The molecule has 0 amide bonds. The van der Waals surface area contributed by atoms with Gasteiger partial charge in [0.15, 0.2) is 5.75 Å². The van der Waals surface area contributed by atoms with Crippen LogP contribution < -0.4 is 15.0 Å². The average molecular weight is 402 g/mol. The summed E-state index contributed by atoms with van der Waals surface area (Å²) in [7, 11) is 1.54. The zero-order valence-corrected chi connectivity index (χ0v) is 16.1. The first-order chi connectivity index (χ1) is 12.1. The molecule has 1 saturated heterocycles. The number of methoxy groups -OCH3 is 1. The molecule has 0 bridgehead atoms. The van der Waals surface area contributed by atoms with Gasteiger partial charge in [0.25, 0.3) is 0 Å². The third-order valence-electron chi connectivity index (χ3n) is 4.06. The Morgan fingerprint density at radius 1 is 1.04 bits per heavy atom. The zero-order valence-electron chi connectivity index (χ0n) is 13.8. The normalized spacial score (nSPS) is 14.5. The van der Waals surface area contributed by atoms with Gasteiger partial charge in [0, 0.05) is 25.3 Å². The minimum Gasteiger partial charge on any atom is -0.494 e. The van der Waals surface area contributed by atoms with Gasteiger partial charge >= 0.3 is 0 Å². The Labute approximate surface area is 162 Å². The van der Waals surface area contributed by atoms with E-state index in [0.29, 0.717) is 22.3 Å². The van der Waals surface area contributed by atoms with Crippen LogP contribution in [0, 0.1) is 0 Å². The van der Waals surface area contributed by atoms with Crippen LogP contribution in [0.3, 0.4) is 0 Å². The molecule has 25 heavy (non-hydrogen) atoms. The molecule has 1 N–H and O–H groups in total. The number of anilines is 2. The first-order valence-electron chi connectivity index (χ1n) is 7.96. The Hall–Kier alpha value is -1.33. The Morgan fingerprint density at radius 2 is 1.72 bits per heavy atom. The molecule has 0 saturated carbocycles. The third-order valence-corrected chi connectivity index (χ3v) is 4.92. The van der Waals surface area contributed by atoms with Crippen molar-refractivity contribution in [1.82, 2.24) is 0 Å². The van der Waals surface area contributed by atoms with E-state index in [4.69, 9.17) is 44.3 Å². The lowest BCUT2D eigenvalue weighted by Crippen LogP contribution is -2.36. The first-order valence-corrected chi connectivity index (χ1v) is 9.10. The van der Waals surface area contributed by atoms with Crippen molar-refractivity contribution in [2.75, 3.05) is 43.6 Å². The van der Waals surface area contributed by atoms with Crippen LogP contribution in [0.25, 0.3) is 0 Å². The summed E-state index contributed by atoms with van der Waals surface area (Å²) in [4.78, 5) is 2.23. The second kappa shape index (κ2) is 8.37. The van der Waals surface area contributed by atoms with Gasteiger partial charge in [0.2, 0.25) is 0 Å². The number of nitrogens with one attached hydrogen (secondary N) is 1. The van der Waals surface area contributed by atoms with Crippen molar-refractivity contribution in [3.63, 3.8) is 0 Å². The molecular weight excluding hydrogens is 383 g/mol. The van der Waals surface area contributed by atoms with Crippen molar-refractivity contribution < 1.29 is 9.47 Å². The molecule has 1 heterocycles. The molecular formula is C18H19Cl3N2O2. The van der Waals surface area contributed by atoms with Crippen molar-refractivity contribution in [2.45, 2.75) is 6.54 Å². The van der Waals surface area contributed by atoms with Crippen LogP contribution in [-0.2, 0) is 11.3 Å². The maximum absolute atomic E-state index is 6.45. The number of rotatable bonds is 5. The highest BCUT2D eigenvalue weighted by molar-refractivity contribution is 6.37. The van der Waals surface area contributed by atoms with Gasteiger partial charge in [0.1, 0.15) is 0 Å². The van der Waals surface area contributed by atoms with E-state index in [1.165, 1.54) is 0 Å². The fraction of sp³-hybridized carbons (Fsp3) is 0.333. The lowest BCUT2D eigenvalue weighted by Gasteiger charge is -2.29. The van der Waals surface area contributed by atoms with Gasteiger partial charge in [-0.1, -0.05) is 34.8 Å². The fourth-order valence-electron chi connectivity index (χ4n) is 2.79. The number of nitrogens with zero attached hydrogens (tertiary/aromatic N) is 1. The topological polar surface area (TPSA) is 33.7 Å². The number of hydrogen-bond acceptors (Lipinski definition) is 4. The summed E-state index contributed by atoms with van der Waals surface area (Å²) in [5.41, 5.74) is 2.93. The third kappa shape index (κ3) is 4.45. The summed E-state index contributed by atoms with van der Waals surface area (Å²) < 4.78 is 10.5. The molecule has 2 aromatic rings. The fourth-order valence-corrected chi connectivity index (χ4v) is 3.78. The smallest absolute Gasteiger partial charge is 0.156 e. The van der Waals surface area contributed by atoms with Crippen LogP contribution in [0.5, 0.6) is 5.75 Å². The molecule has 1 aliphatic heterocycles. The van der Waals surface area contributed by atoms with E-state index >= 15 is 0 Å². The SMILES string of the molecule is COc1c(Cl)cc(CNc2ccc(N3CCOCC3)c(Cl)c2)cc1Cl.